The Morgan fingerprint density at radius 2 is 2.25 bits per heavy atom. The second-order valence-electron chi connectivity index (χ2n) is 3.37. The van der Waals surface area contributed by atoms with Gasteiger partial charge in [-0.2, -0.15) is 0 Å². The Kier molecular flexibility index (Phi) is 4.68. The van der Waals surface area contributed by atoms with Crippen molar-refractivity contribution in [3.05, 3.63) is 33.6 Å². The number of aromatic nitrogens is 1. The minimum Gasteiger partial charge on any atom is -0.463 e. The van der Waals surface area contributed by atoms with Crippen LogP contribution >= 0.6 is 15.9 Å². The Balaban J connectivity index is 2.93. The number of hydrogen-bond donors (Lipinski definition) is 0. The Morgan fingerprint density at radius 1 is 1.56 bits per heavy atom. The molecule has 0 saturated carbocycles. The number of rotatable bonds is 3. The predicted octanol–water partition coefficient (Wildman–Crippen LogP) is 3.04. The molecule has 1 heterocycles. The fourth-order valence-corrected chi connectivity index (χ4v) is 2.07. The Hall–Kier alpha value is -1.16. The average Bonchev–Trinajstić information content (AvgIpc) is 2.16. The van der Waals surface area contributed by atoms with Crippen LogP contribution in [0.25, 0.3) is 6.08 Å². The number of hydrogen-bond acceptors (Lipinski definition) is 3. The fraction of sp³-hybridized carbons (Fsp3) is 0.333. The zero-order valence-electron chi connectivity index (χ0n) is 9.58. The van der Waals surface area contributed by atoms with E-state index in [1.807, 2.05) is 19.9 Å². The number of aryl methyl sites for hydroxylation is 2. The molecule has 0 N–H and O–H groups in total. The lowest BCUT2D eigenvalue weighted by atomic mass is 10.1. The maximum absolute atomic E-state index is 11.2. The highest BCUT2D eigenvalue weighted by atomic mass is 79.9. The van der Waals surface area contributed by atoms with Crippen LogP contribution < -0.4 is 0 Å². The molecule has 16 heavy (non-hydrogen) atoms. The highest BCUT2D eigenvalue weighted by Gasteiger charge is 2.04. The molecule has 0 saturated heterocycles. The summed E-state index contributed by atoms with van der Waals surface area (Å²) in [6, 6.07) is 1.97. The summed E-state index contributed by atoms with van der Waals surface area (Å²) in [5, 5.41) is 0. The summed E-state index contributed by atoms with van der Waals surface area (Å²) in [4.78, 5) is 15.4. The van der Waals surface area contributed by atoms with Crippen molar-refractivity contribution in [3.8, 4) is 0 Å². The van der Waals surface area contributed by atoms with E-state index in [2.05, 4.69) is 20.9 Å². The van der Waals surface area contributed by atoms with Gasteiger partial charge in [-0.3, -0.25) is 0 Å². The van der Waals surface area contributed by atoms with Crippen LogP contribution in [-0.2, 0) is 9.53 Å². The third-order valence-corrected chi connectivity index (χ3v) is 2.62. The number of esters is 1. The molecule has 3 nitrogen and oxygen atoms in total. The van der Waals surface area contributed by atoms with Gasteiger partial charge in [-0.25, -0.2) is 9.78 Å². The summed E-state index contributed by atoms with van der Waals surface area (Å²) in [6.45, 7) is 6.07. The molecule has 0 unspecified atom stereocenters. The summed E-state index contributed by atoms with van der Waals surface area (Å²) >= 11 is 3.37. The largest absolute Gasteiger partial charge is 0.463 e. The van der Waals surface area contributed by atoms with Crippen molar-refractivity contribution in [1.82, 2.24) is 4.98 Å². The van der Waals surface area contributed by atoms with Gasteiger partial charge in [-0.1, -0.05) is 0 Å². The van der Waals surface area contributed by atoms with Crippen molar-refractivity contribution >= 4 is 28.0 Å². The first-order valence-corrected chi connectivity index (χ1v) is 5.82. The first-order chi connectivity index (χ1) is 7.54. The van der Waals surface area contributed by atoms with Gasteiger partial charge in [0.25, 0.3) is 0 Å². The highest BCUT2D eigenvalue weighted by Crippen LogP contribution is 2.20. The number of ether oxygens (including phenoxy) is 1. The molecule has 1 aromatic heterocycles. The van der Waals surface area contributed by atoms with E-state index in [9.17, 15) is 4.79 Å². The van der Waals surface area contributed by atoms with Crippen LogP contribution in [0, 0.1) is 13.8 Å². The Labute approximate surface area is 104 Å². The molecule has 0 spiro atoms. The van der Waals surface area contributed by atoms with Crippen molar-refractivity contribution < 1.29 is 9.53 Å². The molecular weight excluding hydrogens is 270 g/mol. The average molecular weight is 284 g/mol. The minimum absolute atomic E-state index is 0.339. The molecule has 4 heteroatoms. The molecule has 0 fully saturated rings. The molecule has 0 aliphatic carbocycles. The first-order valence-electron chi connectivity index (χ1n) is 5.03. The number of pyridine rings is 1. The predicted molar refractivity (Wildman–Crippen MR) is 67.1 cm³/mol. The third-order valence-electron chi connectivity index (χ3n) is 2.02. The SMILES string of the molecule is CCOC(=O)C=Cc1c(C)cc(C)nc1Br. The third kappa shape index (κ3) is 3.45. The van der Waals surface area contributed by atoms with Gasteiger partial charge in [-0.15, -0.1) is 0 Å². The molecule has 0 radical (unpaired) electrons. The maximum atomic E-state index is 11.2. The van der Waals surface area contributed by atoms with E-state index in [-0.39, 0.29) is 5.97 Å². The zero-order valence-corrected chi connectivity index (χ0v) is 11.2. The van der Waals surface area contributed by atoms with Gasteiger partial charge in [0, 0.05) is 17.3 Å². The van der Waals surface area contributed by atoms with Crippen molar-refractivity contribution in [2.24, 2.45) is 0 Å². The normalized spacial score (nSPS) is 10.8. The standard InChI is InChI=1S/C12H14BrNO2/c1-4-16-11(15)6-5-10-8(2)7-9(3)14-12(10)13/h5-7H,4H2,1-3H3. The van der Waals surface area contributed by atoms with E-state index in [0.717, 1.165) is 21.4 Å². The molecule has 0 bridgehead atoms. The number of carbonyl (C=O) groups is 1. The lowest BCUT2D eigenvalue weighted by Crippen LogP contribution is -1.99. The summed E-state index contributed by atoms with van der Waals surface area (Å²) in [5.41, 5.74) is 2.91. The maximum Gasteiger partial charge on any atom is 0.330 e. The number of nitrogens with zero attached hydrogens (tertiary/aromatic N) is 1. The monoisotopic (exact) mass is 283 g/mol. The van der Waals surface area contributed by atoms with Gasteiger partial charge in [-0.05, 0) is 54.4 Å². The summed E-state index contributed by atoms with van der Waals surface area (Å²) < 4.78 is 5.55. The lowest BCUT2D eigenvalue weighted by Gasteiger charge is -2.04. The van der Waals surface area contributed by atoms with E-state index >= 15 is 0 Å². The van der Waals surface area contributed by atoms with E-state index in [1.54, 1.807) is 13.0 Å². The molecule has 0 amide bonds. The first kappa shape index (κ1) is 12.9. The summed E-state index contributed by atoms with van der Waals surface area (Å²) in [7, 11) is 0. The van der Waals surface area contributed by atoms with Gasteiger partial charge < -0.3 is 4.74 Å². The smallest absolute Gasteiger partial charge is 0.330 e. The van der Waals surface area contributed by atoms with Gasteiger partial charge >= 0.3 is 5.97 Å². The molecular formula is C12H14BrNO2. The number of carbonyl (C=O) groups excluding carboxylic acids is 1. The van der Waals surface area contributed by atoms with Crippen LogP contribution in [-0.4, -0.2) is 17.6 Å². The van der Waals surface area contributed by atoms with Gasteiger partial charge in [0.1, 0.15) is 4.60 Å². The van der Waals surface area contributed by atoms with Crippen molar-refractivity contribution in [2.75, 3.05) is 6.61 Å². The van der Waals surface area contributed by atoms with E-state index in [1.165, 1.54) is 6.08 Å². The highest BCUT2D eigenvalue weighted by molar-refractivity contribution is 9.10. The molecule has 0 aliphatic rings. The quantitative estimate of drug-likeness (QED) is 0.486. The van der Waals surface area contributed by atoms with Crippen LogP contribution in [0.2, 0.25) is 0 Å². The molecule has 0 aliphatic heterocycles. The van der Waals surface area contributed by atoms with Crippen LogP contribution in [0.4, 0.5) is 0 Å². The topological polar surface area (TPSA) is 39.2 Å². The van der Waals surface area contributed by atoms with E-state index in [0.29, 0.717) is 6.61 Å². The summed E-state index contributed by atoms with van der Waals surface area (Å²) in [5.74, 6) is -0.339. The van der Waals surface area contributed by atoms with Gasteiger partial charge in [0.2, 0.25) is 0 Å². The zero-order chi connectivity index (χ0) is 12.1. The molecule has 1 rings (SSSR count). The second-order valence-corrected chi connectivity index (χ2v) is 4.12. The van der Waals surface area contributed by atoms with Crippen molar-refractivity contribution in [2.45, 2.75) is 20.8 Å². The van der Waals surface area contributed by atoms with E-state index < -0.39 is 0 Å². The van der Waals surface area contributed by atoms with Crippen LogP contribution in [0.5, 0.6) is 0 Å². The second kappa shape index (κ2) is 5.80. The Bertz CT molecular complexity index is 404. The van der Waals surface area contributed by atoms with E-state index in [4.69, 9.17) is 4.74 Å². The lowest BCUT2D eigenvalue weighted by molar-refractivity contribution is -0.137. The molecule has 0 aromatic carbocycles. The van der Waals surface area contributed by atoms with Crippen LogP contribution in [0.3, 0.4) is 0 Å². The number of halogens is 1. The van der Waals surface area contributed by atoms with Crippen molar-refractivity contribution in [1.29, 1.82) is 0 Å². The minimum atomic E-state index is -0.339. The van der Waals surface area contributed by atoms with Crippen LogP contribution in [0.15, 0.2) is 16.7 Å². The van der Waals surface area contributed by atoms with Crippen LogP contribution in [0.1, 0.15) is 23.7 Å². The molecule has 86 valence electrons. The van der Waals surface area contributed by atoms with Gasteiger partial charge in [0.15, 0.2) is 0 Å². The fourth-order valence-electron chi connectivity index (χ4n) is 1.34. The van der Waals surface area contributed by atoms with Gasteiger partial charge in [0.05, 0.1) is 6.61 Å². The molecule has 1 aromatic rings. The molecule has 0 atom stereocenters. The van der Waals surface area contributed by atoms with Crippen molar-refractivity contribution in [3.63, 3.8) is 0 Å². The Morgan fingerprint density at radius 3 is 2.81 bits per heavy atom. The summed E-state index contributed by atoms with van der Waals surface area (Å²) in [6.07, 6.45) is 3.12.